The number of hydrogen-bond acceptors (Lipinski definition) is 5. The zero-order valence-electron chi connectivity index (χ0n) is 11.0. The normalized spacial score (nSPS) is 30.1. The van der Waals surface area contributed by atoms with E-state index in [1.54, 1.807) is 4.90 Å². The van der Waals surface area contributed by atoms with Crippen molar-refractivity contribution >= 4 is 21.7 Å². The van der Waals surface area contributed by atoms with Crippen LogP contribution in [-0.4, -0.2) is 56.9 Å². The average Bonchev–Trinajstić information content (AvgIpc) is 2.77. The average molecular weight is 289 g/mol. The van der Waals surface area contributed by atoms with Crippen LogP contribution in [0.25, 0.3) is 0 Å². The van der Waals surface area contributed by atoms with Crippen LogP contribution in [0.3, 0.4) is 0 Å². The number of rotatable bonds is 2. The number of likely N-dealkylation sites (tertiary alicyclic amines) is 1. The predicted molar refractivity (Wildman–Crippen MR) is 68.1 cm³/mol. The van der Waals surface area contributed by atoms with Crippen molar-refractivity contribution in [1.29, 1.82) is 0 Å². The van der Waals surface area contributed by atoms with Gasteiger partial charge in [0, 0.05) is 13.1 Å². The Balaban J connectivity index is 1.98. The Hall–Kier alpha value is -1.11. The molecule has 0 N–H and O–H groups in total. The highest BCUT2D eigenvalue weighted by atomic mass is 32.2. The topological polar surface area (TPSA) is 80.8 Å². The van der Waals surface area contributed by atoms with Gasteiger partial charge in [0.2, 0.25) is 5.91 Å². The molecule has 2 rings (SSSR count). The van der Waals surface area contributed by atoms with Crippen molar-refractivity contribution in [2.75, 3.05) is 31.7 Å². The molecular weight excluding hydrogens is 270 g/mol. The Morgan fingerprint density at radius 2 is 1.95 bits per heavy atom. The third-order valence-corrected chi connectivity index (χ3v) is 5.62. The van der Waals surface area contributed by atoms with Gasteiger partial charge >= 0.3 is 5.97 Å². The molecule has 2 unspecified atom stereocenters. The summed E-state index contributed by atoms with van der Waals surface area (Å²) in [6, 6.07) is 0. The van der Waals surface area contributed by atoms with Gasteiger partial charge in [-0.15, -0.1) is 0 Å². The molecule has 1 amide bonds. The summed E-state index contributed by atoms with van der Waals surface area (Å²) in [6.45, 7) is 0.949. The number of sulfone groups is 1. The number of methoxy groups -OCH3 is 1. The maximum absolute atomic E-state index is 12.3. The largest absolute Gasteiger partial charge is 0.469 e. The lowest BCUT2D eigenvalue weighted by Crippen LogP contribution is -2.45. The van der Waals surface area contributed by atoms with E-state index in [9.17, 15) is 18.0 Å². The van der Waals surface area contributed by atoms with Crippen LogP contribution in [-0.2, 0) is 24.2 Å². The van der Waals surface area contributed by atoms with Crippen molar-refractivity contribution in [2.24, 2.45) is 11.8 Å². The second-order valence-electron chi connectivity index (χ2n) is 5.25. The summed E-state index contributed by atoms with van der Waals surface area (Å²) < 4.78 is 27.5. The molecule has 2 saturated heterocycles. The molecule has 0 saturated carbocycles. The van der Waals surface area contributed by atoms with E-state index in [1.165, 1.54) is 7.11 Å². The monoisotopic (exact) mass is 289 g/mol. The zero-order chi connectivity index (χ0) is 14.0. The number of ether oxygens (including phenoxy) is 1. The predicted octanol–water partition coefficient (Wildman–Crippen LogP) is -0.167. The minimum atomic E-state index is -3.05. The highest BCUT2D eigenvalue weighted by molar-refractivity contribution is 7.91. The van der Waals surface area contributed by atoms with Gasteiger partial charge < -0.3 is 9.64 Å². The molecule has 19 heavy (non-hydrogen) atoms. The van der Waals surface area contributed by atoms with Gasteiger partial charge in [0.15, 0.2) is 9.84 Å². The summed E-state index contributed by atoms with van der Waals surface area (Å²) in [4.78, 5) is 25.4. The van der Waals surface area contributed by atoms with Crippen molar-refractivity contribution in [3.63, 3.8) is 0 Å². The second kappa shape index (κ2) is 5.48. The zero-order valence-corrected chi connectivity index (χ0v) is 11.8. The van der Waals surface area contributed by atoms with Gasteiger partial charge in [-0.3, -0.25) is 9.59 Å². The van der Waals surface area contributed by atoms with Crippen LogP contribution < -0.4 is 0 Å². The molecule has 0 bridgehead atoms. The van der Waals surface area contributed by atoms with E-state index in [2.05, 4.69) is 0 Å². The van der Waals surface area contributed by atoms with Crippen molar-refractivity contribution in [3.8, 4) is 0 Å². The van der Waals surface area contributed by atoms with Gasteiger partial charge in [-0.05, 0) is 19.3 Å². The Kier molecular flexibility index (Phi) is 4.13. The Morgan fingerprint density at radius 1 is 1.21 bits per heavy atom. The fourth-order valence-corrected chi connectivity index (χ4v) is 4.52. The minimum Gasteiger partial charge on any atom is -0.469 e. The van der Waals surface area contributed by atoms with E-state index in [0.29, 0.717) is 19.5 Å². The highest BCUT2D eigenvalue weighted by Gasteiger charge is 2.37. The van der Waals surface area contributed by atoms with E-state index in [1.807, 2.05) is 0 Å². The fourth-order valence-electron chi connectivity index (χ4n) is 2.78. The van der Waals surface area contributed by atoms with Crippen LogP contribution in [0.15, 0.2) is 0 Å². The van der Waals surface area contributed by atoms with Crippen LogP contribution in [0.1, 0.15) is 19.3 Å². The lowest BCUT2D eigenvalue weighted by Gasteiger charge is -2.32. The van der Waals surface area contributed by atoms with Gasteiger partial charge in [0.1, 0.15) is 0 Å². The van der Waals surface area contributed by atoms with Gasteiger partial charge in [0.05, 0.1) is 30.5 Å². The van der Waals surface area contributed by atoms with Gasteiger partial charge in [-0.2, -0.15) is 0 Å². The summed E-state index contributed by atoms with van der Waals surface area (Å²) in [5.74, 6) is -1.09. The molecular formula is C12H19NO5S. The first-order chi connectivity index (χ1) is 8.93. The third kappa shape index (κ3) is 3.26. The Labute approximate surface area is 113 Å². The number of carbonyl (C=O) groups excluding carboxylic acids is 2. The molecule has 2 aliphatic rings. The van der Waals surface area contributed by atoms with Crippen molar-refractivity contribution in [2.45, 2.75) is 19.3 Å². The summed E-state index contributed by atoms with van der Waals surface area (Å²) >= 11 is 0. The first-order valence-electron chi connectivity index (χ1n) is 6.50. The number of esters is 1. The van der Waals surface area contributed by atoms with E-state index >= 15 is 0 Å². The number of nitrogens with zero attached hydrogens (tertiary/aromatic N) is 1. The molecule has 0 aromatic heterocycles. The van der Waals surface area contributed by atoms with E-state index in [4.69, 9.17) is 4.74 Å². The molecule has 6 nitrogen and oxygen atoms in total. The molecule has 0 spiro atoms. The smallest absolute Gasteiger partial charge is 0.310 e. The molecule has 0 aliphatic carbocycles. The molecule has 0 aromatic carbocycles. The Bertz CT molecular complexity index is 473. The van der Waals surface area contributed by atoms with E-state index in [0.717, 1.165) is 12.8 Å². The molecule has 0 aromatic rings. The summed E-state index contributed by atoms with van der Waals surface area (Å²) in [6.07, 6.45) is 1.88. The van der Waals surface area contributed by atoms with Crippen LogP contribution in [0, 0.1) is 11.8 Å². The van der Waals surface area contributed by atoms with E-state index in [-0.39, 0.29) is 29.3 Å². The third-order valence-electron chi connectivity index (χ3n) is 3.85. The quantitative estimate of drug-likeness (QED) is 0.659. The Morgan fingerprint density at radius 3 is 2.53 bits per heavy atom. The summed E-state index contributed by atoms with van der Waals surface area (Å²) in [5, 5.41) is 0. The van der Waals surface area contributed by atoms with Crippen molar-refractivity contribution < 1.29 is 22.7 Å². The number of piperidine rings is 1. The first-order valence-corrected chi connectivity index (χ1v) is 8.32. The lowest BCUT2D eigenvalue weighted by atomic mass is 9.96. The maximum Gasteiger partial charge on any atom is 0.310 e. The SMILES string of the molecule is COC(=O)C1CCCN(C(=O)C2CCS(=O)(=O)C2)C1. The van der Waals surface area contributed by atoms with E-state index < -0.39 is 15.8 Å². The standard InChI is InChI=1S/C12H19NO5S/c1-18-12(15)9-3-2-5-13(7-9)11(14)10-4-6-19(16,17)8-10/h9-10H,2-8H2,1H3. The fraction of sp³-hybridized carbons (Fsp3) is 0.833. The molecule has 2 fully saturated rings. The molecule has 7 heteroatoms. The van der Waals surface area contributed by atoms with Gasteiger partial charge in [0.25, 0.3) is 0 Å². The summed E-state index contributed by atoms with van der Waals surface area (Å²) in [7, 11) is -1.71. The van der Waals surface area contributed by atoms with Gasteiger partial charge in [-0.1, -0.05) is 0 Å². The number of carbonyl (C=O) groups is 2. The maximum atomic E-state index is 12.3. The number of amides is 1. The van der Waals surface area contributed by atoms with Crippen LogP contribution in [0.2, 0.25) is 0 Å². The van der Waals surface area contributed by atoms with Crippen molar-refractivity contribution in [3.05, 3.63) is 0 Å². The minimum absolute atomic E-state index is 0.0504. The highest BCUT2D eigenvalue weighted by Crippen LogP contribution is 2.24. The lowest BCUT2D eigenvalue weighted by molar-refractivity contribution is -0.149. The summed E-state index contributed by atoms with van der Waals surface area (Å²) in [5.41, 5.74) is 0. The second-order valence-corrected chi connectivity index (χ2v) is 7.48. The van der Waals surface area contributed by atoms with Gasteiger partial charge in [-0.25, -0.2) is 8.42 Å². The first kappa shape index (κ1) is 14.3. The van der Waals surface area contributed by atoms with Crippen molar-refractivity contribution in [1.82, 2.24) is 4.90 Å². The van der Waals surface area contributed by atoms with Crippen LogP contribution >= 0.6 is 0 Å². The number of hydrogen-bond donors (Lipinski definition) is 0. The molecule has 108 valence electrons. The molecule has 2 heterocycles. The van der Waals surface area contributed by atoms with Crippen LogP contribution in [0.4, 0.5) is 0 Å². The molecule has 2 aliphatic heterocycles. The van der Waals surface area contributed by atoms with Crippen LogP contribution in [0.5, 0.6) is 0 Å². The molecule has 2 atom stereocenters. The molecule has 0 radical (unpaired) electrons.